The Morgan fingerprint density at radius 1 is 1.05 bits per heavy atom. The lowest BCUT2D eigenvalue weighted by atomic mass is 9.43. The Labute approximate surface area is 228 Å². The maximum Gasteiger partial charge on any atom is 0.224 e. The molecule has 0 aromatic heterocycles. The molecule has 0 spiro atoms. The van der Waals surface area contributed by atoms with E-state index in [1.807, 2.05) is 12.1 Å². The van der Waals surface area contributed by atoms with E-state index in [-0.39, 0.29) is 28.9 Å². The lowest BCUT2D eigenvalue weighted by molar-refractivity contribution is -0.174. The number of nitrogens with one attached hydrogen (secondary N) is 1. The second-order valence-corrected chi connectivity index (χ2v) is 13.5. The monoisotopic (exact) mass is 527 g/mol. The molecule has 212 valence electrons. The van der Waals surface area contributed by atoms with Gasteiger partial charge in [0.2, 0.25) is 5.91 Å². The highest BCUT2D eigenvalue weighted by Crippen LogP contribution is 2.68. The topological polar surface area (TPSA) is 88.0 Å². The number of rotatable bonds is 7. The zero-order chi connectivity index (χ0) is 27.2. The molecule has 1 aromatic rings. The predicted molar refractivity (Wildman–Crippen MR) is 149 cm³/mol. The molecule has 0 heterocycles. The summed E-state index contributed by atoms with van der Waals surface area (Å²) in [5.41, 5.74) is 0.842. The number of aliphatic hydroxyl groups is 2. The number of carbonyl (C=O) groups excluding carboxylic acids is 1. The summed E-state index contributed by atoms with van der Waals surface area (Å²) in [5, 5.41) is 25.1. The SMILES string of the molecule is COc1ccc(NC(=O)CC[C@@H](C)[C@H]2CC[C@H]3[C@@H]4CC[C@@H]5C[C@H](O)CC[C@]5(C)[C@H]4C[C@H](O)[C@]23C)c(OC)c1. The van der Waals surface area contributed by atoms with Crippen molar-refractivity contribution in [2.45, 2.75) is 97.2 Å². The molecule has 0 aliphatic heterocycles. The number of methoxy groups -OCH3 is 2. The number of hydrogen-bond donors (Lipinski definition) is 3. The number of fused-ring (bicyclic) bond motifs is 5. The molecule has 4 fully saturated rings. The van der Waals surface area contributed by atoms with Gasteiger partial charge < -0.3 is 25.0 Å². The number of aliphatic hydroxyl groups excluding tert-OH is 2. The fourth-order valence-electron chi connectivity index (χ4n) is 9.83. The van der Waals surface area contributed by atoms with Crippen LogP contribution in [-0.2, 0) is 4.79 Å². The lowest BCUT2D eigenvalue weighted by Gasteiger charge is -2.62. The van der Waals surface area contributed by atoms with Crippen molar-refractivity contribution in [3.05, 3.63) is 18.2 Å². The van der Waals surface area contributed by atoms with Gasteiger partial charge in [-0.25, -0.2) is 0 Å². The first-order valence-electron chi connectivity index (χ1n) is 15.0. The third-order valence-corrected chi connectivity index (χ3v) is 12.0. The van der Waals surface area contributed by atoms with Gasteiger partial charge >= 0.3 is 0 Å². The Bertz CT molecular complexity index is 1010. The second-order valence-electron chi connectivity index (χ2n) is 13.5. The Morgan fingerprint density at radius 3 is 2.58 bits per heavy atom. The third kappa shape index (κ3) is 4.64. The van der Waals surface area contributed by atoms with Crippen LogP contribution in [0.3, 0.4) is 0 Å². The highest BCUT2D eigenvalue weighted by atomic mass is 16.5. The molecular weight excluding hydrogens is 478 g/mol. The van der Waals surface area contributed by atoms with Crippen molar-refractivity contribution >= 4 is 11.6 Å². The summed E-state index contributed by atoms with van der Waals surface area (Å²) in [7, 11) is 3.20. The first-order chi connectivity index (χ1) is 18.1. The van der Waals surface area contributed by atoms with Crippen molar-refractivity contribution in [1.82, 2.24) is 0 Å². The summed E-state index contributed by atoms with van der Waals surface area (Å²) in [6.45, 7) is 7.13. The lowest BCUT2D eigenvalue weighted by Crippen LogP contribution is -2.58. The van der Waals surface area contributed by atoms with Crippen molar-refractivity contribution in [3.63, 3.8) is 0 Å². The molecule has 4 aliphatic carbocycles. The third-order valence-electron chi connectivity index (χ3n) is 12.0. The van der Waals surface area contributed by atoms with E-state index in [9.17, 15) is 15.0 Å². The van der Waals surface area contributed by atoms with Crippen LogP contribution in [0.2, 0.25) is 0 Å². The molecule has 5 rings (SSSR count). The van der Waals surface area contributed by atoms with Crippen LogP contribution >= 0.6 is 0 Å². The molecule has 0 radical (unpaired) electrons. The summed E-state index contributed by atoms with van der Waals surface area (Å²) in [6.07, 6.45) is 9.54. The van der Waals surface area contributed by atoms with Gasteiger partial charge in [-0.15, -0.1) is 0 Å². The van der Waals surface area contributed by atoms with E-state index in [4.69, 9.17) is 9.47 Å². The fraction of sp³-hybridized carbons (Fsp3) is 0.781. The van der Waals surface area contributed by atoms with E-state index in [0.29, 0.717) is 59.1 Å². The van der Waals surface area contributed by atoms with Gasteiger partial charge in [0.25, 0.3) is 0 Å². The normalized spacial score (nSPS) is 40.9. The summed E-state index contributed by atoms with van der Waals surface area (Å²) >= 11 is 0. The highest BCUT2D eigenvalue weighted by molar-refractivity contribution is 5.92. The number of hydrogen-bond acceptors (Lipinski definition) is 5. The molecule has 1 aromatic carbocycles. The summed E-state index contributed by atoms with van der Waals surface area (Å²) in [5.74, 6) is 4.50. The predicted octanol–water partition coefficient (Wildman–Crippen LogP) is 6.05. The van der Waals surface area contributed by atoms with Crippen molar-refractivity contribution in [3.8, 4) is 11.5 Å². The maximum absolute atomic E-state index is 12.9. The standard InChI is InChI=1S/C32H49NO5/c1-19(6-13-30(36)33-27-12-8-22(37-4)17-28(27)38-5)24-10-11-25-23-9-7-20-16-21(34)14-15-31(20,2)26(23)18-29(35)32(24,25)3/h8,12,17,19-21,23-26,29,34-35H,6-7,9-11,13-16,18H2,1-5H3,(H,33,36)/t19-,20-,21-,23+,24-,25+,26+,29+,31+,32-/m1/s1. The van der Waals surface area contributed by atoms with E-state index in [1.54, 1.807) is 20.3 Å². The summed E-state index contributed by atoms with van der Waals surface area (Å²) in [4.78, 5) is 12.9. The van der Waals surface area contributed by atoms with Crippen LogP contribution in [0.15, 0.2) is 18.2 Å². The van der Waals surface area contributed by atoms with Gasteiger partial charge in [-0.2, -0.15) is 0 Å². The molecule has 0 bridgehead atoms. The molecule has 1 amide bonds. The zero-order valence-corrected chi connectivity index (χ0v) is 24.0. The smallest absolute Gasteiger partial charge is 0.224 e. The van der Waals surface area contributed by atoms with Gasteiger partial charge in [-0.1, -0.05) is 20.8 Å². The second kappa shape index (κ2) is 10.6. The molecule has 0 saturated heterocycles. The van der Waals surface area contributed by atoms with Gasteiger partial charge in [0.1, 0.15) is 11.5 Å². The Kier molecular flexibility index (Phi) is 7.78. The van der Waals surface area contributed by atoms with Gasteiger partial charge in [-0.05, 0) is 116 Å². The van der Waals surface area contributed by atoms with E-state index < -0.39 is 0 Å². The van der Waals surface area contributed by atoms with Crippen molar-refractivity contribution < 1.29 is 24.5 Å². The molecule has 6 heteroatoms. The number of carbonyl (C=O) groups is 1. The maximum atomic E-state index is 12.9. The molecule has 0 unspecified atom stereocenters. The average molecular weight is 528 g/mol. The van der Waals surface area contributed by atoms with Crippen LogP contribution in [0.5, 0.6) is 11.5 Å². The van der Waals surface area contributed by atoms with Gasteiger partial charge in [-0.3, -0.25) is 4.79 Å². The first-order valence-corrected chi connectivity index (χ1v) is 15.0. The molecule has 4 aliphatic rings. The molecule has 6 nitrogen and oxygen atoms in total. The minimum Gasteiger partial charge on any atom is -0.497 e. The first kappa shape index (κ1) is 27.8. The fourth-order valence-corrected chi connectivity index (χ4v) is 9.83. The molecule has 10 atom stereocenters. The minimum absolute atomic E-state index is 0.00462. The van der Waals surface area contributed by atoms with Gasteiger partial charge in [0, 0.05) is 12.5 Å². The Morgan fingerprint density at radius 2 is 1.84 bits per heavy atom. The molecular formula is C32H49NO5. The molecule has 3 N–H and O–H groups in total. The largest absolute Gasteiger partial charge is 0.497 e. The van der Waals surface area contributed by atoms with E-state index in [1.165, 1.54) is 19.3 Å². The average Bonchev–Trinajstić information content (AvgIpc) is 3.27. The summed E-state index contributed by atoms with van der Waals surface area (Å²) in [6, 6.07) is 5.42. The molecule has 4 saturated carbocycles. The van der Waals surface area contributed by atoms with Crippen LogP contribution in [0, 0.1) is 46.3 Å². The van der Waals surface area contributed by atoms with Crippen LogP contribution in [-0.4, -0.2) is 42.5 Å². The van der Waals surface area contributed by atoms with Crippen molar-refractivity contribution in [1.29, 1.82) is 0 Å². The van der Waals surface area contributed by atoms with Crippen molar-refractivity contribution in [2.24, 2.45) is 46.3 Å². The van der Waals surface area contributed by atoms with Gasteiger partial charge in [0.05, 0.1) is 32.1 Å². The minimum atomic E-state index is -0.288. The van der Waals surface area contributed by atoms with Crippen LogP contribution in [0.1, 0.15) is 85.0 Å². The van der Waals surface area contributed by atoms with Crippen LogP contribution < -0.4 is 14.8 Å². The Balaban J connectivity index is 1.23. The zero-order valence-electron chi connectivity index (χ0n) is 24.0. The molecule has 38 heavy (non-hydrogen) atoms. The van der Waals surface area contributed by atoms with Crippen LogP contribution in [0.4, 0.5) is 5.69 Å². The Hall–Kier alpha value is -1.79. The summed E-state index contributed by atoms with van der Waals surface area (Å²) < 4.78 is 10.7. The van der Waals surface area contributed by atoms with E-state index in [2.05, 4.69) is 26.1 Å². The number of amides is 1. The quantitative estimate of drug-likeness (QED) is 0.402. The van der Waals surface area contributed by atoms with Gasteiger partial charge in [0.15, 0.2) is 0 Å². The van der Waals surface area contributed by atoms with Crippen LogP contribution in [0.25, 0.3) is 0 Å². The highest BCUT2D eigenvalue weighted by Gasteiger charge is 2.63. The van der Waals surface area contributed by atoms with E-state index in [0.717, 1.165) is 38.5 Å². The number of anilines is 1. The number of benzene rings is 1. The number of ether oxygens (including phenoxy) is 2. The van der Waals surface area contributed by atoms with E-state index >= 15 is 0 Å². The van der Waals surface area contributed by atoms with Crippen molar-refractivity contribution in [2.75, 3.05) is 19.5 Å².